The van der Waals surface area contributed by atoms with Gasteiger partial charge in [0.1, 0.15) is 0 Å². The third kappa shape index (κ3) is 40.7. The largest absolute Gasteiger partial charge is 0.350 e. The first-order chi connectivity index (χ1) is 21.2. The molecule has 0 bridgehead atoms. The second kappa shape index (κ2) is 35.5. The van der Waals surface area contributed by atoms with Crippen molar-refractivity contribution >= 4 is 5.91 Å². The Morgan fingerprint density at radius 3 is 0.953 bits per heavy atom. The number of carbonyl (C=O) groups excluding carboxylic acids is 1. The molecule has 0 rings (SSSR count). The Hall–Kier alpha value is -8.70. The predicted molar refractivity (Wildman–Crippen MR) is 167 cm³/mol. The Balaban J connectivity index is 0. The van der Waals surface area contributed by atoms with Gasteiger partial charge in [0.2, 0.25) is 5.91 Å². The van der Waals surface area contributed by atoms with E-state index in [0.717, 1.165) is 0 Å². The second-order valence-corrected chi connectivity index (χ2v) is 5.39. The fourth-order valence-corrected chi connectivity index (χ4v) is 1.18. The van der Waals surface area contributed by atoms with Crippen molar-refractivity contribution < 1.29 is 4.79 Å². The summed E-state index contributed by atoms with van der Waals surface area (Å²) < 4.78 is 0. The lowest BCUT2D eigenvalue weighted by molar-refractivity contribution is -0.118. The van der Waals surface area contributed by atoms with Gasteiger partial charge in [-0.25, -0.2) is 0 Å². The minimum absolute atomic E-state index is 0.0336. The summed E-state index contributed by atoms with van der Waals surface area (Å²) in [6.07, 6.45) is 4.93. The molecule has 0 aliphatic carbocycles. The van der Waals surface area contributed by atoms with Crippen LogP contribution in [0, 0.1) is 202 Å². The van der Waals surface area contributed by atoms with Gasteiger partial charge in [-0.2, -0.15) is 0 Å². The van der Waals surface area contributed by atoms with E-state index in [2.05, 4.69) is 211 Å². The van der Waals surface area contributed by atoms with Crippen molar-refractivity contribution in [2.24, 2.45) is 5.11 Å². The molecule has 5 nitrogen and oxygen atoms in total. The summed E-state index contributed by atoms with van der Waals surface area (Å²) in [6, 6.07) is 0. The summed E-state index contributed by atoms with van der Waals surface area (Å²) in [5.41, 5.74) is 7.69. The summed E-state index contributed by atoms with van der Waals surface area (Å²) in [6.45, 7) is 3.08. The molecular weight excluding hydrogens is 528 g/mol. The number of amides is 1. The van der Waals surface area contributed by atoms with Crippen LogP contribution in [0.4, 0.5) is 0 Å². The molecule has 0 radical (unpaired) electrons. The Morgan fingerprint density at radius 2 is 0.767 bits per heavy atom. The molecule has 0 aliphatic heterocycles. The maximum Gasteiger partial charge on any atom is 0.216 e. The monoisotopic (exact) mass is 538 g/mol. The van der Waals surface area contributed by atoms with Gasteiger partial charge in [0.25, 0.3) is 0 Å². The number of terminal acetylenes is 1. The van der Waals surface area contributed by atoms with Crippen LogP contribution in [0.25, 0.3) is 10.4 Å². The van der Waals surface area contributed by atoms with Gasteiger partial charge in [-0.1, -0.05) is 11.0 Å². The minimum atomic E-state index is -0.197. The normalized spacial score (nSPS) is 4.49. The molecule has 0 aliphatic rings. The SMILES string of the molecule is C#CC#CC#CC#CC#CC#CC#CC#CC#CC#CC#CC#CC#CC#CC#CC#CC#CC.CC(=O)NCN=[N+]=[N-]. The predicted octanol–water partition coefficient (Wildman–Crippen LogP) is 1.08. The van der Waals surface area contributed by atoms with Gasteiger partial charge in [-0.05, 0) is 107 Å². The molecule has 5 heteroatoms. The standard InChI is InChI=1S/C35H4.C3H6N4O/c1-3-5-7-9-11-13-15-17-19-21-23-25-27-29-31-33-35-34-32-30-28-26-24-22-20-18-16-14-12-10-8-6-4-2;1-3(8)5-2-6-7-4/h1H,2H3;2H2,1H3,(H,5,8). The van der Waals surface area contributed by atoms with E-state index in [9.17, 15) is 4.79 Å². The molecule has 188 valence electrons. The van der Waals surface area contributed by atoms with Gasteiger partial charge < -0.3 is 5.32 Å². The lowest BCUT2D eigenvalue weighted by Gasteiger charge is -1.89. The number of nitrogens with zero attached hydrogens (tertiary/aromatic N) is 3. The van der Waals surface area contributed by atoms with Crippen molar-refractivity contribution in [2.45, 2.75) is 13.8 Å². The Labute approximate surface area is 253 Å². The third-order valence-electron chi connectivity index (χ3n) is 2.53. The molecule has 0 heterocycles. The summed E-state index contributed by atoms with van der Waals surface area (Å²) >= 11 is 0. The van der Waals surface area contributed by atoms with Crippen LogP contribution < -0.4 is 5.32 Å². The summed E-state index contributed by atoms with van der Waals surface area (Å²) in [5, 5.41) is 5.35. The lowest BCUT2D eigenvalue weighted by atomic mass is 10.4. The second-order valence-electron chi connectivity index (χ2n) is 5.39. The number of hydrogen-bond acceptors (Lipinski definition) is 2. The fraction of sp³-hybridized carbons (Fsp3) is 0.0789. The van der Waals surface area contributed by atoms with Gasteiger partial charge in [-0.15, -0.1) is 6.42 Å². The quantitative estimate of drug-likeness (QED) is 0.243. The van der Waals surface area contributed by atoms with Crippen LogP contribution in [0.15, 0.2) is 5.11 Å². The van der Waals surface area contributed by atoms with E-state index in [-0.39, 0.29) is 12.6 Å². The van der Waals surface area contributed by atoms with E-state index in [0.29, 0.717) is 0 Å². The molecule has 0 saturated heterocycles. The van der Waals surface area contributed by atoms with Crippen molar-refractivity contribution in [3.05, 3.63) is 10.4 Å². The highest BCUT2D eigenvalue weighted by molar-refractivity contribution is 5.72. The van der Waals surface area contributed by atoms with Crippen LogP contribution in [0.1, 0.15) is 13.8 Å². The van der Waals surface area contributed by atoms with E-state index < -0.39 is 0 Å². The van der Waals surface area contributed by atoms with Gasteiger partial charge in [0.15, 0.2) is 0 Å². The lowest BCUT2D eigenvalue weighted by Crippen LogP contribution is -2.18. The Bertz CT molecular complexity index is 2220. The van der Waals surface area contributed by atoms with Crippen LogP contribution >= 0.6 is 0 Å². The number of nitrogens with one attached hydrogen (secondary N) is 1. The molecule has 0 aromatic rings. The van der Waals surface area contributed by atoms with E-state index in [1.165, 1.54) is 6.92 Å². The Morgan fingerprint density at radius 1 is 0.535 bits per heavy atom. The molecule has 0 saturated carbocycles. The summed E-state index contributed by atoms with van der Waals surface area (Å²) in [7, 11) is 0. The van der Waals surface area contributed by atoms with Gasteiger partial charge in [0.05, 0.1) is 6.67 Å². The van der Waals surface area contributed by atoms with Crippen molar-refractivity contribution in [3.8, 4) is 202 Å². The highest BCUT2D eigenvalue weighted by Crippen LogP contribution is 1.64. The molecule has 0 atom stereocenters. The maximum atomic E-state index is 10.0. The molecule has 1 N–H and O–H groups in total. The smallest absolute Gasteiger partial charge is 0.216 e. The molecule has 0 spiro atoms. The van der Waals surface area contributed by atoms with E-state index in [1.54, 1.807) is 6.92 Å². The van der Waals surface area contributed by atoms with Crippen LogP contribution in [-0.4, -0.2) is 12.6 Å². The maximum absolute atomic E-state index is 10.0. The molecule has 0 aromatic carbocycles. The van der Waals surface area contributed by atoms with Gasteiger partial charge in [0, 0.05) is 107 Å². The van der Waals surface area contributed by atoms with E-state index >= 15 is 0 Å². The van der Waals surface area contributed by atoms with Crippen molar-refractivity contribution in [1.82, 2.24) is 5.32 Å². The zero-order valence-corrected chi connectivity index (χ0v) is 22.5. The van der Waals surface area contributed by atoms with Crippen LogP contribution in [0.2, 0.25) is 0 Å². The molecule has 0 unspecified atom stereocenters. The number of hydrogen-bond donors (Lipinski definition) is 1. The third-order valence-corrected chi connectivity index (χ3v) is 2.53. The molecule has 1 amide bonds. The summed E-state index contributed by atoms with van der Waals surface area (Å²) in [5.74, 6) is 81.7. The number of rotatable bonds is 2. The van der Waals surface area contributed by atoms with Crippen molar-refractivity contribution in [3.63, 3.8) is 0 Å². The Kier molecular flexibility index (Phi) is 30.1. The van der Waals surface area contributed by atoms with E-state index in [4.69, 9.17) is 12.0 Å². The molecule has 0 aromatic heterocycles. The average molecular weight is 539 g/mol. The topological polar surface area (TPSA) is 77.9 Å². The first-order valence-electron chi connectivity index (χ1n) is 10.8. The number of azide groups is 1. The molecular formula is C38H10N4O. The highest BCUT2D eigenvalue weighted by Gasteiger charge is 1.82. The average Bonchev–Trinajstić information content (AvgIpc) is 3.00. The highest BCUT2D eigenvalue weighted by atomic mass is 16.1. The van der Waals surface area contributed by atoms with Crippen molar-refractivity contribution in [1.29, 1.82) is 0 Å². The first kappa shape index (κ1) is 36.5. The number of carbonyl (C=O) groups is 1. The van der Waals surface area contributed by atoms with Crippen LogP contribution in [0.3, 0.4) is 0 Å². The first-order valence-corrected chi connectivity index (χ1v) is 10.8. The zero-order chi connectivity index (χ0) is 31.7. The van der Waals surface area contributed by atoms with Gasteiger partial charge in [-0.3, -0.25) is 4.79 Å². The van der Waals surface area contributed by atoms with Crippen LogP contribution in [-0.2, 0) is 4.79 Å². The van der Waals surface area contributed by atoms with E-state index in [1.807, 2.05) is 0 Å². The van der Waals surface area contributed by atoms with Gasteiger partial charge >= 0.3 is 0 Å². The molecule has 0 fully saturated rings. The zero-order valence-electron chi connectivity index (χ0n) is 22.5. The molecule has 43 heavy (non-hydrogen) atoms. The summed E-state index contributed by atoms with van der Waals surface area (Å²) in [4.78, 5) is 12.4. The van der Waals surface area contributed by atoms with Crippen molar-refractivity contribution in [2.75, 3.05) is 6.67 Å². The fourth-order valence-electron chi connectivity index (χ4n) is 1.18. The van der Waals surface area contributed by atoms with Crippen LogP contribution in [0.5, 0.6) is 0 Å². The minimum Gasteiger partial charge on any atom is -0.350 e.